The second-order valence-electron chi connectivity index (χ2n) is 4.15. The van der Waals surface area contributed by atoms with Crippen molar-refractivity contribution < 1.29 is 12.8 Å². The van der Waals surface area contributed by atoms with E-state index in [9.17, 15) is 12.8 Å². The summed E-state index contributed by atoms with van der Waals surface area (Å²) < 4.78 is 39.7. The minimum Gasteiger partial charge on any atom is -0.247 e. The van der Waals surface area contributed by atoms with E-state index in [0.29, 0.717) is 11.4 Å². The van der Waals surface area contributed by atoms with Crippen LogP contribution in [0.3, 0.4) is 0 Å². The molecule has 0 aliphatic rings. The molecule has 5 nitrogen and oxygen atoms in total. The minimum atomic E-state index is -4.05. The zero-order valence-corrected chi connectivity index (χ0v) is 12.3. The van der Waals surface area contributed by atoms with Crippen molar-refractivity contribution in [3.05, 3.63) is 46.5 Å². The molecule has 0 bridgehead atoms. The molecule has 0 amide bonds. The third kappa shape index (κ3) is 3.23. The van der Waals surface area contributed by atoms with E-state index in [4.69, 9.17) is 11.6 Å². The number of nitrogens with one attached hydrogen (secondary N) is 1. The predicted octanol–water partition coefficient (Wildman–Crippen LogP) is 2.69. The second kappa shape index (κ2) is 5.34. The van der Waals surface area contributed by atoms with Gasteiger partial charge < -0.3 is 0 Å². The number of aryl methyl sites for hydroxylation is 2. The van der Waals surface area contributed by atoms with Gasteiger partial charge in [-0.15, -0.1) is 0 Å². The largest absolute Gasteiger partial charge is 0.265 e. The normalized spacial score (nSPS) is 11.4. The number of benzene rings is 1. The first-order chi connectivity index (χ1) is 9.28. The lowest BCUT2D eigenvalue weighted by molar-refractivity contribution is 0.595. The molecule has 0 aliphatic carbocycles. The summed E-state index contributed by atoms with van der Waals surface area (Å²) in [4.78, 5) is 7.56. The molecule has 0 unspecified atom stereocenters. The number of hydrogen-bond donors (Lipinski definition) is 1. The molecule has 0 aliphatic heterocycles. The maximum Gasteiger partial charge on any atom is 0.265 e. The smallest absolute Gasteiger partial charge is 0.247 e. The summed E-state index contributed by atoms with van der Waals surface area (Å²) in [7, 11) is -4.05. The molecule has 2 rings (SSSR count). The molecule has 0 atom stereocenters. The molecule has 20 heavy (non-hydrogen) atoms. The standard InChI is InChI=1S/C12H11ClFN3O2S/c1-7-5-8(2)16-12(15-7)17-20(18,19)11-6-9(14)3-4-10(11)13/h3-6H,1-2H3,(H,15,16,17). The fourth-order valence-electron chi connectivity index (χ4n) is 1.63. The van der Waals surface area contributed by atoms with E-state index in [1.54, 1.807) is 19.9 Å². The van der Waals surface area contributed by atoms with E-state index >= 15 is 0 Å². The van der Waals surface area contributed by atoms with Gasteiger partial charge in [0.15, 0.2) is 0 Å². The summed E-state index contributed by atoms with van der Waals surface area (Å²) in [6, 6.07) is 4.79. The Morgan fingerprint density at radius 1 is 1.15 bits per heavy atom. The quantitative estimate of drug-likeness (QED) is 0.945. The first-order valence-electron chi connectivity index (χ1n) is 5.58. The van der Waals surface area contributed by atoms with Crippen LogP contribution in [0.2, 0.25) is 5.02 Å². The van der Waals surface area contributed by atoms with E-state index < -0.39 is 15.8 Å². The highest BCUT2D eigenvalue weighted by atomic mass is 35.5. The molecule has 0 spiro atoms. The first kappa shape index (κ1) is 14.7. The van der Waals surface area contributed by atoms with Crippen LogP contribution >= 0.6 is 11.6 Å². The highest BCUT2D eigenvalue weighted by Crippen LogP contribution is 2.23. The van der Waals surface area contributed by atoms with Crippen LogP contribution in [-0.2, 0) is 10.0 Å². The molecule has 1 heterocycles. The van der Waals surface area contributed by atoms with Crippen molar-refractivity contribution in [1.29, 1.82) is 0 Å². The molecule has 0 saturated carbocycles. The van der Waals surface area contributed by atoms with Crippen molar-refractivity contribution in [3.63, 3.8) is 0 Å². The summed E-state index contributed by atoms with van der Waals surface area (Å²) in [6.45, 7) is 3.42. The second-order valence-corrected chi connectivity index (χ2v) is 6.21. The lowest BCUT2D eigenvalue weighted by atomic mass is 10.3. The van der Waals surface area contributed by atoms with Crippen molar-refractivity contribution >= 4 is 27.6 Å². The molecule has 0 radical (unpaired) electrons. The van der Waals surface area contributed by atoms with Gasteiger partial charge in [-0.3, -0.25) is 0 Å². The van der Waals surface area contributed by atoms with Gasteiger partial charge in [0.1, 0.15) is 10.7 Å². The highest BCUT2D eigenvalue weighted by molar-refractivity contribution is 7.92. The van der Waals surface area contributed by atoms with Gasteiger partial charge in [0.2, 0.25) is 5.95 Å². The summed E-state index contributed by atoms with van der Waals surface area (Å²) in [6.07, 6.45) is 0. The fraction of sp³-hybridized carbons (Fsp3) is 0.167. The molecule has 8 heteroatoms. The van der Waals surface area contributed by atoms with Crippen molar-refractivity contribution in [2.75, 3.05) is 4.72 Å². The zero-order valence-electron chi connectivity index (χ0n) is 10.7. The molecule has 1 aromatic heterocycles. The Morgan fingerprint density at radius 2 is 1.75 bits per heavy atom. The molecule has 0 saturated heterocycles. The molecule has 1 aromatic carbocycles. The van der Waals surface area contributed by atoms with Gasteiger partial charge in [0.25, 0.3) is 10.0 Å². The summed E-state index contributed by atoms with van der Waals surface area (Å²) >= 11 is 5.78. The third-order valence-corrected chi connectivity index (χ3v) is 4.20. The first-order valence-corrected chi connectivity index (χ1v) is 7.44. The van der Waals surface area contributed by atoms with Gasteiger partial charge in [-0.25, -0.2) is 27.5 Å². The topological polar surface area (TPSA) is 72.0 Å². The Bertz CT molecular complexity index is 745. The van der Waals surface area contributed by atoms with Gasteiger partial charge >= 0.3 is 0 Å². The van der Waals surface area contributed by atoms with Crippen molar-refractivity contribution in [3.8, 4) is 0 Å². The van der Waals surface area contributed by atoms with Crippen LogP contribution in [-0.4, -0.2) is 18.4 Å². The number of hydrogen-bond acceptors (Lipinski definition) is 4. The Kier molecular flexibility index (Phi) is 3.92. The van der Waals surface area contributed by atoms with Crippen LogP contribution < -0.4 is 4.72 Å². The number of halogens is 2. The zero-order chi connectivity index (χ0) is 14.9. The summed E-state index contributed by atoms with van der Waals surface area (Å²) in [5, 5.41) is -0.0803. The van der Waals surface area contributed by atoms with E-state index in [0.717, 1.165) is 12.1 Å². The van der Waals surface area contributed by atoms with Gasteiger partial charge in [0.05, 0.1) is 5.02 Å². The van der Waals surface area contributed by atoms with Gasteiger partial charge in [0, 0.05) is 11.4 Å². The van der Waals surface area contributed by atoms with Crippen LogP contribution in [0.15, 0.2) is 29.2 Å². The molecular formula is C12H11ClFN3O2S. The van der Waals surface area contributed by atoms with E-state index in [2.05, 4.69) is 14.7 Å². The SMILES string of the molecule is Cc1cc(C)nc(NS(=O)(=O)c2cc(F)ccc2Cl)n1. The van der Waals surface area contributed by atoms with E-state index in [1.807, 2.05) is 0 Å². The maximum atomic E-state index is 13.2. The molecule has 0 fully saturated rings. The Morgan fingerprint density at radius 3 is 2.35 bits per heavy atom. The Labute approximate surface area is 120 Å². The minimum absolute atomic E-state index is 0.0803. The maximum absolute atomic E-state index is 13.2. The van der Waals surface area contributed by atoms with E-state index in [1.165, 1.54) is 6.07 Å². The molecule has 2 aromatic rings. The number of anilines is 1. The number of aromatic nitrogens is 2. The summed E-state index contributed by atoms with van der Waals surface area (Å²) in [5.41, 5.74) is 1.22. The molecular weight excluding hydrogens is 305 g/mol. The average Bonchev–Trinajstić information content (AvgIpc) is 2.30. The van der Waals surface area contributed by atoms with Crippen molar-refractivity contribution in [1.82, 2.24) is 9.97 Å². The molecule has 1 N–H and O–H groups in total. The van der Waals surface area contributed by atoms with Gasteiger partial charge in [-0.2, -0.15) is 0 Å². The van der Waals surface area contributed by atoms with E-state index in [-0.39, 0.29) is 15.9 Å². The lowest BCUT2D eigenvalue weighted by Crippen LogP contribution is -2.16. The predicted molar refractivity (Wildman–Crippen MR) is 73.7 cm³/mol. The Hall–Kier alpha value is -1.73. The van der Waals surface area contributed by atoms with Gasteiger partial charge in [-0.1, -0.05) is 11.6 Å². The van der Waals surface area contributed by atoms with Crippen LogP contribution in [0, 0.1) is 19.7 Å². The van der Waals surface area contributed by atoms with Gasteiger partial charge in [-0.05, 0) is 38.1 Å². The number of rotatable bonds is 3. The van der Waals surface area contributed by atoms with Crippen LogP contribution in [0.25, 0.3) is 0 Å². The number of sulfonamides is 1. The highest BCUT2D eigenvalue weighted by Gasteiger charge is 2.20. The summed E-state index contributed by atoms with van der Waals surface area (Å²) in [5.74, 6) is -0.779. The fourth-order valence-corrected chi connectivity index (χ4v) is 3.09. The van der Waals surface area contributed by atoms with Crippen molar-refractivity contribution in [2.24, 2.45) is 0 Å². The third-order valence-electron chi connectivity index (χ3n) is 2.39. The monoisotopic (exact) mass is 315 g/mol. The van der Waals surface area contributed by atoms with Crippen LogP contribution in [0.1, 0.15) is 11.4 Å². The average molecular weight is 316 g/mol. The van der Waals surface area contributed by atoms with Crippen LogP contribution in [0.4, 0.5) is 10.3 Å². The number of nitrogens with zero attached hydrogens (tertiary/aromatic N) is 2. The Balaban J connectivity index is 2.43. The lowest BCUT2D eigenvalue weighted by Gasteiger charge is -2.09. The van der Waals surface area contributed by atoms with Crippen LogP contribution in [0.5, 0.6) is 0 Å². The van der Waals surface area contributed by atoms with Crippen molar-refractivity contribution in [2.45, 2.75) is 18.7 Å². The molecule has 106 valence electrons.